The van der Waals surface area contributed by atoms with Gasteiger partial charge in [0.2, 0.25) is 0 Å². The zero-order valence-electron chi connectivity index (χ0n) is 9.98. The van der Waals surface area contributed by atoms with E-state index in [1.54, 1.807) is 6.26 Å². The summed E-state index contributed by atoms with van der Waals surface area (Å²) in [4.78, 5) is 17.6. The molecule has 1 aromatic heterocycles. The van der Waals surface area contributed by atoms with Gasteiger partial charge >= 0.3 is 0 Å². The Morgan fingerprint density at radius 1 is 1.24 bits per heavy atom. The van der Waals surface area contributed by atoms with Gasteiger partial charge in [0.25, 0.3) is 0 Å². The first-order chi connectivity index (χ1) is 8.12. The number of carbonyl (C=O) groups is 1. The van der Waals surface area contributed by atoms with Gasteiger partial charge in [-0.15, -0.1) is 0 Å². The maximum absolute atomic E-state index is 12.8. The topological polar surface area (TPSA) is 36.7 Å². The van der Waals surface area contributed by atoms with Crippen molar-refractivity contribution in [3.8, 4) is 0 Å². The summed E-state index contributed by atoms with van der Waals surface area (Å²) in [5.41, 5.74) is -0.617. The van der Waals surface area contributed by atoms with Crippen molar-refractivity contribution in [3.05, 3.63) is 24.2 Å². The number of carbonyl (C=O) groups excluding carboxylic acids is 1. The second kappa shape index (κ2) is 2.82. The molecular formula is C13H16N2O2. The van der Waals surface area contributed by atoms with Crippen LogP contribution in [-0.4, -0.2) is 48.4 Å². The maximum Gasteiger partial charge on any atom is 0.157 e. The minimum atomic E-state index is -0.410. The van der Waals surface area contributed by atoms with Crippen molar-refractivity contribution in [2.45, 2.75) is 12.3 Å². The Bertz CT molecular complexity index is 466. The molecule has 4 saturated heterocycles. The molecule has 4 fully saturated rings. The summed E-state index contributed by atoms with van der Waals surface area (Å²) in [6.45, 7) is 6.57. The van der Waals surface area contributed by atoms with E-state index in [9.17, 15) is 4.79 Å². The summed E-state index contributed by atoms with van der Waals surface area (Å²) in [5.74, 6) is 1.23. The average Bonchev–Trinajstić information content (AvgIpc) is 2.78. The van der Waals surface area contributed by atoms with Crippen LogP contribution in [0.25, 0.3) is 0 Å². The number of hydrogen-bond donors (Lipinski definition) is 0. The Morgan fingerprint density at radius 2 is 1.94 bits per heavy atom. The SMILES string of the molecule is CC12CN3CN(C1)CC(c1ccco1)(C3)C2=O. The second-order valence-electron chi connectivity index (χ2n) is 6.06. The lowest BCUT2D eigenvalue weighted by Gasteiger charge is -2.61. The number of Topliss-reactive ketones (excluding diaryl/α,β-unsaturated/α-hetero) is 1. The first kappa shape index (κ1) is 9.85. The summed E-state index contributed by atoms with van der Waals surface area (Å²) in [7, 11) is 0. The molecule has 4 nitrogen and oxygen atoms in total. The zero-order valence-corrected chi connectivity index (χ0v) is 9.98. The van der Waals surface area contributed by atoms with E-state index in [1.165, 1.54) is 0 Å². The normalized spacial score (nSPS) is 47.7. The van der Waals surface area contributed by atoms with Crippen LogP contribution in [0.5, 0.6) is 0 Å². The lowest BCUT2D eigenvalue weighted by molar-refractivity contribution is -0.169. The van der Waals surface area contributed by atoms with Gasteiger partial charge in [-0.1, -0.05) is 6.92 Å². The highest BCUT2D eigenvalue weighted by Crippen LogP contribution is 2.47. The van der Waals surface area contributed by atoms with Crippen LogP contribution in [0.15, 0.2) is 22.8 Å². The Morgan fingerprint density at radius 3 is 2.53 bits per heavy atom. The number of piperidine rings is 2. The molecule has 0 radical (unpaired) electrons. The highest BCUT2D eigenvalue weighted by molar-refractivity contribution is 5.97. The van der Waals surface area contributed by atoms with E-state index in [1.807, 2.05) is 12.1 Å². The fraction of sp³-hybridized carbons (Fsp3) is 0.615. The van der Waals surface area contributed by atoms with Crippen LogP contribution >= 0.6 is 0 Å². The zero-order chi connectivity index (χ0) is 11.7. The summed E-state index contributed by atoms with van der Waals surface area (Å²) < 4.78 is 5.56. The first-order valence-electron chi connectivity index (χ1n) is 6.16. The molecule has 0 amide bonds. The number of rotatable bonds is 1. The molecule has 0 aliphatic carbocycles. The molecule has 0 aromatic carbocycles. The van der Waals surface area contributed by atoms with Gasteiger partial charge in [0, 0.05) is 26.2 Å². The van der Waals surface area contributed by atoms with E-state index < -0.39 is 5.41 Å². The molecule has 4 aliphatic heterocycles. The molecule has 0 spiro atoms. The van der Waals surface area contributed by atoms with Gasteiger partial charge in [0.1, 0.15) is 11.2 Å². The quantitative estimate of drug-likeness (QED) is 0.714. The summed E-state index contributed by atoms with van der Waals surface area (Å²) in [5, 5.41) is 0. The number of hydrogen-bond acceptors (Lipinski definition) is 4. The summed E-state index contributed by atoms with van der Waals surface area (Å²) in [6.07, 6.45) is 1.67. The maximum atomic E-state index is 12.8. The monoisotopic (exact) mass is 232 g/mol. The van der Waals surface area contributed by atoms with Crippen LogP contribution < -0.4 is 0 Å². The van der Waals surface area contributed by atoms with E-state index in [0.29, 0.717) is 5.78 Å². The third-order valence-electron chi connectivity index (χ3n) is 4.51. The molecule has 1 aromatic rings. The predicted molar refractivity (Wildman–Crippen MR) is 61.5 cm³/mol. The van der Waals surface area contributed by atoms with Gasteiger partial charge in [-0.05, 0) is 12.1 Å². The van der Waals surface area contributed by atoms with E-state index in [4.69, 9.17) is 4.42 Å². The molecular weight excluding hydrogens is 216 g/mol. The lowest BCUT2D eigenvalue weighted by Crippen LogP contribution is -2.77. The van der Waals surface area contributed by atoms with Crippen LogP contribution in [0, 0.1) is 5.41 Å². The Balaban J connectivity index is 1.88. The van der Waals surface area contributed by atoms with Crippen molar-refractivity contribution in [3.63, 3.8) is 0 Å². The highest BCUT2D eigenvalue weighted by atomic mass is 16.3. The van der Waals surface area contributed by atoms with E-state index in [-0.39, 0.29) is 5.41 Å². The fourth-order valence-corrected chi connectivity index (χ4v) is 4.13. The number of furan rings is 1. The molecule has 2 unspecified atom stereocenters. The first-order valence-corrected chi connectivity index (χ1v) is 6.16. The highest BCUT2D eigenvalue weighted by Gasteiger charge is 2.62. The molecule has 0 saturated carbocycles. The van der Waals surface area contributed by atoms with Crippen LogP contribution in [0.4, 0.5) is 0 Å². The van der Waals surface area contributed by atoms with Crippen molar-refractivity contribution in [2.24, 2.45) is 5.41 Å². The molecule has 0 N–H and O–H groups in total. The minimum absolute atomic E-state index is 0.207. The van der Waals surface area contributed by atoms with Crippen LogP contribution in [0.2, 0.25) is 0 Å². The molecule has 2 atom stereocenters. The Hall–Kier alpha value is -1.13. The van der Waals surface area contributed by atoms with Gasteiger partial charge in [-0.25, -0.2) is 0 Å². The summed E-state index contributed by atoms with van der Waals surface area (Å²) in [6, 6.07) is 3.84. The predicted octanol–water partition coefficient (Wildman–Crippen LogP) is 0.695. The fourth-order valence-electron chi connectivity index (χ4n) is 4.13. The van der Waals surface area contributed by atoms with Crippen molar-refractivity contribution in [1.82, 2.24) is 9.80 Å². The van der Waals surface area contributed by atoms with Gasteiger partial charge in [-0.3, -0.25) is 14.6 Å². The molecule has 5 rings (SSSR count). The van der Waals surface area contributed by atoms with Gasteiger partial charge < -0.3 is 4.42 Å². The third kappa shape index (κ3) is 1.07. The molecule has 4 bridgehead atoms. The summed E-state index contributed by atoms with van der Waals surface area (Å²) >= 11 is 0. The molecule has 90 valence electrons. The van der Waals surface area contributed by atoms with Crippen LogP contribution in [0.1, 0.15) is 12.7 Å². The van der Waals surface area contributed by atoms with Crippen molar-refractivity contribution in [2.75, 3.05) is 32.8 Å². The minimum Gasteiger partial charge on any atom is -0.468 e. The van der Waals surface area contributed by atoms with Crippen molar-refractivity contribution >= 4 is 5.78 Å². The van der Waals surface area contributed by atoms with Crippen molar-refractivity contribution < 1.29 is 9.21 Å². The molecule has 4 aliphatic rings. The van der Waals surface area contributed by atoms with Crippen LogP contribution in [-0.2, 0) is 10.2 Å². The number of nitrogens with zero attached hydrogens (tertiary/aromatic N) is 2. The van der Waals surface area contributed by atoms with E-state index >= 15 is 0 Å². The van der Waals surface area contributed by atoms with E-state index in [0.717, 1.165) is 38.6 Å². The Labute approximate surface area is 100 Å². The van der Waals surface area contributed by atoms with Gasteiger partial charge in [-0.2, -0.15) is 0 Å². The van der Waals surface area contributed by atoms with Crippen LogP contribution in [0.3, 0.4) is 0 Å². The molecule has 17 heavy (non-hydrogen) atoms. The lowest BCUT2D eigenvalue weighted by atomic mass is 9.61. The number of ketones is 1. The Kier molecular flexibility index (Phi) is 1.63. The van der Waals surface area contributed by atoms with Gasteiger partial charge in [0.15, 0.2) is 5.78 Å². The van der Waals surface area contributed by atoms with Gasteiger partial charge in [0.05, 0.1) is 18.3 Å². The molecule has 5 heterocycles. The molecule has 4 heteroatoms. The average molecular weight is 232 g/mol. The third-order valence-corrected chi connectivity index (χ3v) is 4.51. The van der Waals surface area contributed by atoms with E-state index in [2.05, 4.69) is 16.7 Å². The smallest absolute Gasteiger partial charge is 0.157 e. The largest absolute Gasteiger partial charge is 0.468 e. The standard InChI is InChI=1S/C13H16N2O2/c1-12-5-14-7-13(11(12)16,8-15(6-12)9-14)10-3-2-4-17-10/h2-4H,5-9H2,1H3. The van der Waals surface area contributed by atoms with Crippen molar-refractivity contribution in [1.29, 1.82) is 0 Å². The second-order valence-corrected chi connectivity index (χ2v) is 6.06.